The Labute approximate surface area is 151 Å². The molecule has 4 nitrogen and oxygen atoms in total. The summed E-state index contributed by atoms with van der Waals surface area (Å²) in [5.74, 6) is -0.558. The van der Waals surface area contributed by atoms with Crippen LogP contribution in [0, 0.1) is 6.92 Å². The first-order chi connectivity index (χ1) is 12.6. The third-order valence-corrected chi connectivity index (χ3v) is 4.81. The van der Waals surface area contributed by atoms with Crippen LogP contribution in [0.2, 0.25) is 0 Å². The number of hydrogen-bond donors (Lipinski definition) is 1. The molecule has 0 aliphatic carbocycles. The van der Waals surface area contributed by atoms with E-state index in [1.54, 1.807) is 0 Å². The number of benzene rings is 3. The minimum atomic E-state index is -0.974. The lowest BCUT2D eigenvalue weighted by atomic mass is 10.0. The van der Waals surface area contributed by atoms with E-state index in [9.17, 15) is 9.90 Å². The van der Waals surface area contributed by atoms with Gasteiger partial charge < -0.3 is 14.4 Å². The molecule has 4 heteroatoms. The summed E-state index contributed by atoms with van der Waals surface area (Å²) in [5, 5.41) is 11.8. The van der Waals surface area contributed by atoms with Crippen molar-refractivity contribution in [2.24, 2.45) is 0 Å². The molecule has 0 amide bonds. The lowest BCUT2D eigenvalue weighted by Crippen LogP contribution is -2.07. The van der Waals surface area contributed by atoms with Crippen LogP contribution in [0.15, 0.2) is 60.7 Å². The van der Waals surface area contributed by atoms with Crippen LogP contribution in [-0.4, -0.2) is 22.8 Å². The maximum Gasteiger partial charge on any atom is 0.339 e. The van der Waals surface area contributed by atoms with Crippen molar-refractivity contribution in [2.45, 2.75) is 13.5 Å². The predicted octanol–water partition coefficient (Wildman–Crippen LogP) is 4.86. The maximum absolute atomic E-state index is 11.8. The number of aryl methyl sites for hydroxylation is 1. The average molecular weight is 345 g/mol. The summed E-state index contributed by atoms with van der Waals surface area (Å²) in [6, 6.07) is 20.2. The largest absolute Gasteiger partial charge is 0.494 e. The number of rotatable bonds is 4. The Bertz CT molecular complexity index is 1130. The third-order valence-electron chi connectivity index (χ3n) is 4.81. The highest BCUT2D eigenvalue weighted by Crippen LogP contribution is 2.39. The fraction of sp³-hybridized carbons (Fsp3) is 0.136. The Balaban J connectivity index is 2.13. The van der Waals surface area contributed by atoms with E-state index in [0.717, 1.165) is 27.4 Å². The number of aromatic nitrogens is 1. The quantitative estimate of drug-likeness (QED) is 0.575. The van der Waals surface area contributed by atoms with Crippen LogP contribution in [-0.2, 0) is 6.54 Å². The molecule has 0 fully saturated rings. The van der Waals surface area contributed by atoms with E-state index in [0.29, 0.717) is 17.9 Å². The first-order valence-corrected chi connectivity index (χ1v) is 8.47. The van der Waals surface area contributed by atoms with E-state index in [4.69, 9.17) is 4.74 Å². The number of ether oxygens (including phenoxy) is 1. The standard InChI is InChI=1S/C22H19NO3/c1-14-12-17-16-10-6-7-11-18(16)23(13-15-8-4-3-5-9-15)20(17)21(26-2)19(14)22(24)25/h3-12H,13H2,1-2H3,(H,24,25). The molecular weight excluding hydrogens is 326 g/mol. The first kappa shape index (κ1) is 16.2. The van der Waals surface area contributed by atoms with Gasteiger partial charge in [0.1, 0.15) is 5.56 Å². The van der Waals surface area contributed by atoms with Crippen molar-refractivity contribution in [3.63, 3.8) is 0 Å². The Morgan fingerprint density at radius 2 is 1.73 bits per heavy atom. The molecule has 0 saturated carbocycles. The van der Waals surface area contributed by atoms with Crippen molar-refractivity contribution in [1.29, 1.82) is 0 Å². The summed E-state index contributed by atoms with van der Waals surface area (Å²) in [6.45, 7) is 2.46. The van der Waals surface area contributed by atoms with Crippen molar-refractivity contribution in [1.82, 2.24) is 4.57 Å². The highest BCUT2D eigenvalue weighted by molar-refractivity contribution is 6.13. The van der Waals surface area contributed by atoms with Crippen molar-refractivity contribution < 1.29 is 14.6 Å². The number of nitrogens with zero attached hydrogens (tertiary/aromatic N) is 1. The number of carboxylic acid groups (broad SMARTS) is 1. The molecule has 130 valence electrons. The first-order valence-electron chi connectivity index (χ1n) is 8.47. The fourth-order valence-electron chi connectivity index (χ4n) is 3.70. The SMILES string of the molecule is COc1c(C(=O)O)c(C)cc2c3ccccc3n(Cc3ccccc3)c12. The highest BCUT2D eigenvalue weighted by Gasteiger charge is 2.23. The van der Waals surface area contributed by atoms with Gasteiger partial charge in [0, 0.05) is 22.8 Å². The lowest BCUT2D eigenvalue weighted by molar-refractivity contribution is 0.0693. The van der Waals surface area contributed by atoms with Crippen LogP contribution in [0.1, 0.15) is 21.5 Å². The Kier molecular flexibility index (Phi) is 3.88. The summed E-state index contributed by atoms with van der Waals surface area (Å²) in [7, 11) is 1.53. The van der Waals surface area contributed by atoms with Gasteiger partial charge >= 0.3 is 5.97 Å². The van der Waals surface area contributed by atoms with Crippen LogP contribution < -0.4 is 4.74 Å². The number of aromatic carboxylic acids is 1. The molecule has 1 aromatic heterocycles. The molecule has 0 aliphatic heterocycles. The van der Waals surface area contributed by atoms with E-state index < -0.39 is 5.97 Å². The smallest absolute Gasteiger partial charge is 0.339 e. The topological polar surface area (TPSA) is 51.5 Å². The van der Waals surface area contributed by atoms with Gasteiger partial charge in [-0.25, -0.2) is 4.79 Å². The number of hydrogen-bond acceptors (Lipinski definition) is 2. The zero-order chi connectivity index (χ0) is 18.3. The van der Waals surface area contributed by atoms with Gasteiger partial charge in [0.05, 0.1) is 12.6 Å². The second kappa shape index (κ2) is 6.23. The van der Waals surface area contributed by atoms with Gasteiger partial charge in [-0.1, -0.05) is 48.5 Å². The van der Waals surface area contributed by atoms with Crippen molar-refractivity contribution >= 4 is 27.8 Å². The minimum absolute atomic E-state index is 0.220. The number of carbonyl (C=O) groups is 1. The second-order valence-electron chi connectivity index (χ2n) is 6.39. The number of para-hydroxylation sites is 1. The molecule has 0 radical (unpaired) electrons. The highest BCUT2D eigenvalue weighted by atomic mass is 16.5. The van der Waals surface area contributed by atoms with Gasteiger partial charge in [0.15, 0.2) is 5.75 Å². The third kappa shape index (κ3) is 2.42. The van der Waals surface area contributed by atoms with E-state index in [1.165, 1.54) is 7.11 Å². The number of fused-ring (bicyclic) bond motifs is 3. The van der Waals surface area contributed by atoms with E-state index in [1.807, 2.05) is 43.3 Å². The lowest BCUT2D eigenvalue weighted by Gasteiger charge is -2.14. The van der Waals surface area contributed by atoms with Crippen LogP contribution in [0.5, 0.6) is 5.75 Å². The number of methoxy groups -OCH3 is 1. The zero-order valence-electron chi connectivity index (χ0n) is 14.7. The van der Waals surface area contributed by atoms with Crippen molar-refractivity contribution in [2.75, 3.05) is 7.11 Å². The maximum atomic E-state index is 11.8. The summed E-state index contributed by atoms with van der Waals surface area (Å²) in [5.41, 5.74) is 3.95. The molecule has 0 aliphatic rings. The normalized spacial score (nSPS) is 11.2. The molecule has 1 heterocycles. The van der Waals surface area contributed by atoms with Crippen LogP contribution >= 0.6 is 0 Å². The molecule has 0 bridgehead atoms. The Morgan fingerprint density at radius 1 is 1.04 bits per heavy atom. The van der Waals surface area contributed by atoms with Crippen LogP contribution in [0.3, 0.4) is 0 Å². The van der Waals surface area contributed by atoms with Gasteiger partial charge in [-0.2, -0.15) is 0 Å². The molecule has 4 rings (SSSR count). The molecule has 0 saturated heterocycles. The van der Waals surface area contributed by atoms with E-state index in [-0.39, 0.29) is 5.56 Å². The number of carboxylic acids is 1. The molecule has 0 unspecified atom stereocenters. The monoisotopic (exact) mass is 345 g/mol. The van der Waals surface area contributed by atoms with Gasteiger partial charge in [-0.15, -0.1) is 0 Å². The minimum Gasteiger partial charge on any atom is -0.494 e. The van der Waals surface area contributed by atoms with Gasteiger partial charge in [-0.3, -0.25) is 0 Å². The molecule has 4 aromatic rings. The molecule has 3 aromatic carbocycles. The zero-order valence-corrected chi connectivity index (χ0v) is 14.7. The fourth-order valence-corrected chi connectivity index (χ4v) is 3.70. The van der Waals surface area contributed by atoms with Gasteiger partial charge in [0.2, 0.25) is 0 Å². The van der Waals surface area contributed by atoms with Crippen LogP contribution in [0.25, 0.3) is 21.8 Å². The van der Waals surface area contributed by atoms with E-state index >= 15 is 0 Å². The van der Waals surface area contributed by atoms with Gasteiger partial charge in [-0.05, 0) is 30.2 Å². The molecule has 0 spiro atoms. The molecular formula is C22H19NO3. The summed E-state index contributed by atoms with van der Waals surface area (Å²) >= 11 is 0. The van der Waals surface area contributed by atoms with E-state index in [2.05, 4.69) is 28.8 Å². The average Bonchev–Trinajstić information content (AvgIpc) is 2.95. The molecule has 26 heavy (non-hydrogen) atoms. The van der Waals surface area contributed by atoms with Crippen LogP contribution in [0.4, 0.5) is 0 Å². The summed E-state index contributed by atoms with van der Waals surface area (Å²) < 4.78 is 7.75. The van der Waals surface area contributed by atoms with Gasteiger partial charge in [0.25, 0.3) is 0 Å². The molecule has 0 atom stereocenters. The summed E-state index contributed by atoms with van der Waals surface area (Å²) in [6.07, 6.45) is 0. The predicted molar refractivity (Wildman–Crippen MR) is 103 cm³/mol. The Hall–Kier alpha value is -3.27. The Morgan fingerprint density at radius 3 is 2.42 bits per heavy atom. The van der Waals surface area contributed by atoms with Crippen molar-refractivity contribution in [3.05, 3.63) is 77.4 Å². The van der Waals surface area contributed by atoms with Crippen molar-refractivity contribution in [3.8, 4) is 5.75 Å². The second-order valence-corrected chi connectivity index (χ2v) is 6.39. The summed E-state index contributed by atoms with van der Waals surface area (Å²) in [4.78, 5) is 11.8. The molecule has 1 N–H and O–H groups in total.